The van der Waals surface area contributed by atoms with Crippen molar-refractivity contribution < 1.29 is 4.84 Å². The number of para-hydroxylation sites is 3. The third-order valence-electron chi connectivity index (χ3n) is 6.01. The van der Waals surface area contributed by atoms with Crippen molar-refractivity contribution in [1.82, 2.24) is 0 Å². The number of halogens is 1. The molecule has 0 fully saturated rings. The Kier molecular flexibility index (Phi) is 6.50. The number of anilines is 3. The molecule has 5 rings (SSSR count). The van der Waals surface area contributed by atoms with E-state index in [2.05, 4.69) is 70.8 Å². The highest BCUT2D eigenvalue weighted by molar-refractivity contribution is 6.33. The van der Waals surface area contributed by atoms with Crippen molar-refractivity contribution in [1.29, 1.82) is 0 Å². The minimum absolute atomic E-state index is 0.0561. The van der Waals surface area contributed by atoms with E-state index < -0.39 is 0 Å². The van der Waals surface area contributed by atoms with Crippen LogP contribution in [0.2, 0.25) is 5.02 Å². The van der Waals surface area contributed by atoms with Crippen LogP contribution in [0.25, 0.3) is 0 Å². The van der Waals surface area contributed by atoms with Crippen LogP contribution in [0, 0.1) is 12.8 Å². The van der Waals surface area contributed by atoms with Crippen LogP contribution >= 0.6 is 11.6 Å². The molecule has 4 nitrogen and oxygen atoms in total. The number of nitrogens with zero attached hydrogens (tertiary/aromatic N) is 2. The minimum atomic E-state index is -0.222. The fraction of sp³-hybridized carbons (Fsp3) is 0.138. The normalized spacial score (nSPS) is 17.1. The van der Waals surface area contributed by atoms with Crippen LogP contribution in [0.4, 0.5) is 17.1 Å². The number of nitrogens with one attached hydrogen (secondary N) is 1. The molecule has 2 atom stereocenters. The highest BCUT2D eigenvalue weighted by Gasteiger charge is 2.39. The Morgan fingerprint density at radius 3 is 2.00 bits per heavy atom. The Hall–Kier alpha value is -3.76. The van der Waals surface area contributed by atoms with Crippen LogP contribution in [0.15, 0.2) is 114 Å². The number of oxime groups is 1. The van der Waals surface area contributed by atoms with E-state index in [-0.39, 0.29) is 12.0 Å². The molecule has 170 valence electrons. The average Bonchev–Trinajstić information content (AvgIpc) is 3.29. The van der Waals surface area contributed by atoms with Gasteiger partial charge in [-0.3, -0.25) is 4.90 Å². The number of hydrogen-bond donors (Lipinski definition) is 1. The molecule has 34 heavy (non-hydrogen) atoms. The van der Waals surface area contributed by atoms with Crippen molar-refractivity contribution in [3.63, 3.8) is 0 Å². The molecule has 4 aromatic rings. The van der Waals surface area contributed by atoms with Gasteiger partial charge in [0.1, 0.15) is 0 Å². The summed E-state index contributed by atoms with van der Waals surface area (Å²) >= 11 is 6.44. The first kappa shape index (κ1) is 22.1. The van der Waals surface area contributed by atoms with Crippen LogP contribution in [0.1, 0.15) is 17.2 Å². The zero-order valence-electron chi connectivity index (χ0n) is 18.9. The van der Waals surface area contributed by atoms with Gasteiger partial charge in [0.15, 0.2) is 11.9 Å². The van der Waals surface area contributed by atoms with E-state index in [9.17, 15) is 0 Å². The predicted octanol–water partition coefficient (Wildman–Crippen LogP) is 7.60. The molecular formula is C29H26ClN3O. The average molecular weight is 468 g/mol. The maximum Gasteiger partial charge on any atom is 0.164 e. The number of aryl methyl sites for hydroxylation is 1. The minimum Gasteiger partial charge on any atom is -0.385 e. The van der Waals surface area contributed by atoms with Gasteiger partial charge in [-0.15, -0.1) is 0 Å². The van der Waals surface area contributed by atoms with Crippen molar-refractivity contribution in [2.75, 3.05) is 16.8 Å². The van der Waals surface area contributed by atoms with Gasteiger partial charge in [-0.05, 0) is 48.9 Å². The standard InChI is InChI=1S/C29H26ClN3O/c1-21-16-18-22(19-17-21)28-25(20-31-27-15-9-8-14-26(27)30)29(32-34-28)33(23-10-4-2-5-11-23)24-12-6-3-7-13-24/h2-19,25,28,31H,20H2,1H3. The molecule has 1 heterocycles. The molecule has 0 saturated carbocycles. The molecule has 1 aliphatic heterocycles. The molecule has 0 spiro atoms. The highest BCUT2D eigenvalue weighted by atomic mass is 35.5. The molecule has 0 saturated heterocycles. The van der Waals surface area contributed by atoms with E-state index in [1.54, 1.807) is 0 Å². The summed E-state index contributed by atoms with van der Waals surface area (Å²) in [6.07, 6.45) is -0.222. The summed E-state index contributed by atoms with van der Waals surface area (Å²) in [6, 6.07) is 36.8. The molecular weight excluding hydrogens is 442 g/mol. The van der Waals surface area contributed by atoms with E-state index in [1.165, 1.54) is 5.56 Å². The van der Waals surface area contributed by atoms with Gasteiger partial charge in [-0.1, -0.05) is 95.1 Å². The zero-order chi connectivity index (χ0) is 23.3. The predicted molar refractivity (Wildman–Crippen MR) is 141 cm³/mol. The van der Waals surface area contributed by atoms with Crippen molar-refractivity contribution in [2.24, 2.45) is 11.1 Å². The summed E-state index contributed by atoms with van der Waals surface area (Å²) in [4.78, 5) is 8.29. The second-order valence-electron chi connectivity index (χ2n) is 8.36. The summed E-state index contributed by atoms with van der Waals surface area (Å²) < 4.78 is 0. The lowest BCUT2D eigenvalue weighted by Crippen LogP contribution is -2.36. The zero-order valence-corrected chi connectivity index (χ0v) is 19.7. The topological polar surface area (TPSA) is 36.9 Å². The second kappa shape index (κ2) is 10.0. The van der Waals surface area contributed by atoms with Gasteiger partial charge in [0.05, 0.1) is 16.6 Å². The van der Waals surface area contributed by atoms with Gasteiger partial charge in [0, 0.05) is 17.9 Å². The van der Waals surface area contributed by atoms with E-state index in [4.69, 9.17) is 16.4 Å². The third-order valence-corrected chi connectivity index (χ3v) is 6.34. The molecule has 0 amide bonds. The molecule has 5 heteroatoms. The van der Waals surface area contributed by atoms with E-state index in [0.29, 0.717) is 11.6 Å². The van der Waals surface area contributed by atoms with Crippen LogP contribution in [0.3, 0.4) is 0 Å². The molecule has 0 radical (unpaired) electrons. The van der Waals surface area contributed by atoms with Gasteiger partial charge in [-0.25, -0.2) is 0 Å². The number of amidine groups is 1. The first-order valence-electron chi connectivity index (χ1n) is 11.4. The second-order valence-corrected chi connectivity index (χ2v) is 8.77. The lowest BCUT2D eigenvalue weighted by molar-refractivity contribution is 0.0640. The lowest BCUT2D eigenvalue weighted by Gasteiger charge is -2.29. The molecule has 0 aliphatic carbocycles. The Balaban J connectivity index is 1.54. The molecule has 4 aromatic carbocycles. The molecule has 1 aliphatic rings. The largest absolute Gasteiger partial charge is 0.385 e. The molecule has 1 N–H and O–H groups in total. The SMILES string of the molecule is Cc1ccc(C2ON=C(N(c3ccccc3)c3ccccc3)C2CNc2ccccc2Cl)cc1. The fourth-order valence-corrected chi connectivity index (χ4v) is 4.44. The van der Waals surface area contributed by atoms with Crippen molar-refractivity contribution in [2.45, 2.75) is 13.0 Å². The monoisotopic (exact) mass is 467 g/mol. The Labute approximate surface area is 205 Å². The molecule has 2 unspecified atom stereocenters. The van der Waals surface area contributed by atoms with Gasteiger partial charge >= 0.3 is 0 Å². The Morgan fingerprint density at radius 2 is 1.38 bits per heavy atom. The number of rotatable bonds is 6. The summed E-state index contributed by atoms with van der Waals surface area (Å²) in [5.74, 6) is 0.793. The first-order chi connectivity index (χ1) is 16.7. The maximum atomic E-state index is 6.44. The Bertz CT molecular complexity index is 1220. The van der Waals surface area contributed by atoms with E-state index in [1.807, 2.05) is 60.7 Å². The van der Waals surface area contributed by atoms with Crippen LogP contribution < -0.4 is 10.2 Å². The summed E-state index contributed by atoms with van der Waals surface area (Å²) in [6.45, 7) is 2.70. The van der Waals surface area contributed by atoms with Gasteiger partial charge in [0.25, 0.3) is 0 Å². The van der Waals surface area contributed by atoms with Crippen LogP contribution in [-0.4, -0.2) is 12.4 Å². The van der Waals surface area contributed by atoms with Crippen molar-refractivity contribution in [3.8, 4) is 0 Å². The van der Waals surface area contributed by atoms with Crippen molar-refractivity contribution >= 4 is 34.5 Å². The fourth-order valence-electron chi connectivity index (χ4n) is 4.23. The number of benzene rings is 4. The van der Waals surface area contributed by atoms with Gasteiger partial charge in [-0.2, -0.15) is 0 Å². The smallest absolute Gasteiger partial charge is 0.164 e. The van der Waals surface area contributed by atoms with E-state index in [0.717, 1.165) is 28.5 Å². The van der Waals surface area contributed by atoms with Crippen molar-refractivity contribution in [3.05, 3.63) is 125 Å². The first-order valence-corrected chi connectivity index (χ1v) is 11.8. The Morgan fingerprint density at radius 1 is 0.794 bits per heavy atom. The summed E-state index contributed by atoms with van der Waals surface area (Å²) in [5, 5.41) is 8.88. The lowest BCUT2D eigenvalue weighted by atomic mass is 9.93. The number of hydrogen-bond acceptors (Lipinski definition) is 4. The summed E-state index contributed by atoms with van der Waals surface area (Å²) in [5.41, 5.74) is 5.26. The third kappa shape index (κ3) is 4.63. The van der Waals surface area contributed by atoms with Crippen LogP contribution in [0.5, 0.6) is 0 Å². The quantitative estimate of drug-likeness (QED) is 0.317. The van der Waals surface area contributed by atoms with E-state index >= 15 is 0 Å². The molecule has 0 bridgehead atoms. The summed E-state index contributed by atoms with van der Waals surface area (Å²) in [7, 11) is 0. The highest BCUT2D eigenvalue weighted by Crippen LogP contribution is 2.39. The molecule has 0 aromatic heterocycles. The van der Waals surface area contributed by atoms with Crippen LogP contribution in [-0.2, 0) is 4.84 Å². The van der Waals surface area contributed by atoms with Gasteiger partial charge < -0.3 is 10.2 Å². The van der Waals surface area contributed by atoms with Gasteiger partial charge in [0.2, 0.25) is 0 Å². The maximum absolute atomic E-state index is 6.44.